The van der Waals surface area contributed by atoms with Crippen LogP contribution in [0, 0.1) is 0 Å². The molecule has 0 rings (SSSR count). The van der Waals surface area contributed by atoms with Gasteiger partial charge in [-0.15, -0.1) is 5.73 Å². The fraction of sp³-hybridized carbons (Fsp3) is 0.375. The third kappa shape index (κ3) is 5.09. The van der Waals surface area contributed by atoms with E-state index in [1.807, 2.05) is 13.8 Å². The van der Waals surface area contributed by atoms with Gasteiger partial charge in [0.1, 0.15) is 0 Å². The van der Waals surface area contributed by atoms with E-state index in [0.717, 1.165) is 5.57 Å². The van der Waals surface area contributed by atoms with Crippen LogP contribution in [0.4, 0.5) is 0 Å². The molecule has 0 saturated heterocycles. The largest absolute Gasteiger partial charge is 0.384 e. The molecular weight excluding hydrogens is 112 g/mol. The average Bonchev–Trinajstić information content (AvgIpc) is 1.63. The molecule has 0 saturated carbocycles. The Morgan fingerprint density at radius 3 is 2.56 bits per heavy atom. The third-order valence-corrected chi connectivity index (χ3v) is 0.793. The molecule has 1 heteroatoms. The Morgan fingerprint density at radius 2 is 2.22 bits per heavy atom. The maximum atomic E-state index is 8.99. The smallest absolute Gasteiger partial charge is 0.0978 e. The van der Waals surface area contributed by atoms with Gasteiger partial charge in [0.2, 0.25) is 0 Å². The summed E-state index contributed by atoms with van der Waals surface area (Å²) in [6.07, 6.45) is 2.72. The van der Waals surface area contributed by atoms with Gasteiger partial charge in [-0.3, -0.25) is 0 Å². The summed E-state index contributed by atoms with van der Waals surface area (Å²) in [4.78, 5) is 0. The van der Waals surface area contributed by atoms with Crippen LogP contribution >= 0.6 is 0 Å². The summed E-state index contributed by atoms with van der Waals surface area (Å²) in [6, 6.07) is 0. The standard InChI is InChI=1S/C8H12O/c1-4-5-8(9)6-7(2)3/h5-6,8-9H,1H2,2-3H3. The van der Waals surface area contributed by atoms with Crippen LogP contribution in [0.3, 0.4) is 0 Å². The molecule has 50 valence electrons. The van der Waals surface area contributed by atoms with E-state index >= 15 is 0 Å². The Bertz CT molecular complexity index is 146. The highest BCUT2D eigenvalue weighted by Crippen LogP contribution is 1.93. The topological polar surface area (TPSA) is 20.2 Å². The zero-order valence-electron chi connectivity index (χ0n) is 5.89. The lowest BCUT2D eigenvalue weighted by Gasteiger charge is -1.94. The van der Waals surface area contributed by atoms with Crippen LogP contribution in [0.1, 0.15) is 13.8 Å². The Balaban J connectivity index is 3.91. The molecule has 1 nitrogen and oxygen atoms in total. The van der Waals surface area contributed by atoms with Crippen LogP contribution in [-0.4, -0.2) is 11.2 Å². The van der Waals surface area contributed by atoms with E-state index in [2.05, 4.69) is 12.3 Å². The van der Waals surface area contributed by atoms with E-state index < -0.39 is 6.10 Å². The Hall–Kier alpha value is -0.780. The molecule has 1 N–H and O–H groups in total. The van der Waals surface area contributed by atoms with E-state index in [9.17, 15) is 0 Å². The summed E-state index contributed by atoms with van der Waals surface area (Å²) in [5.41, 5.74) is 3.59. The van der Waals surface area contributed by atoms with Crippen LogP contribution in [0.15, 0.2) is 30.0 Å². The minimum atomic E-state index is -0.521. The van der Waals surface area contributed by atoms with Gasteiger partial charge in [0, 0.05) is 0 Å². The zero-order valence-corrected chi connectivity index (χ0v) is 5.89. The molecule has 0 aliphatic carbocycles. The Morgan fingerprint density at radius 1 is 1.67 bits per heavy atom. The molecule has 0 aromatic carbocycles. The van der Waals surface area contributed by atoms with Crippen molar-refractivity contribution in [1.29, 1.82) is 0 Å². The van der Waals surface area contributed by atoms with Crippen molar-refractivity contribution in [2.75, 3.05) is 0 Å². The average molecular weight is 124 g/mol. The van der Waals surface area contributed by atoms with Gasteiger partial charge in [0.15, 0.2) is 0 Å². The lowest BCUT2D eigenvalue weighted by atomic mass is 10.2. The number of aliphatic hydroxyl groups excluding tert-OH is 1. The molecule has 0 fully saturated rings. The summed E-state index contributed by atoms with van der Waals surface area (Å²) in [7, 11) is 0. The number of aliphatic hydroxyl groups is 1. The van der Waals surface area contributed by atoms with Crippen molar-refractivity contribution in [3.05, 3.63) is 30.0 Å². The highest BCUT2D eigenvalue weighted by molar-refractivity contribution is 5.05. The Labute approximate surface area is 56.0 Å². The summed E-state index contributed by atoms with van der Waals surface area (Å²) in [6.45, 7) is 7.20. The minimum Gasteiger partial charge on any atom is -0.384 e. The van der Waals surface area contributed by atoms with Crippen molar-refractivity contribution in [3.63, 3.8) is 0 Å². The first kappa shape index (κ1) is 8.22. The van der Waals surface area contributed by atoms with Gasteiger partial charge >= 0.3 is 0 Å². The first-order chi connectivity index (χ1) is 4.16. The van der Waals surface area contributed by atoms with E-state index in [4.69, 9.17) is 5.11 Å². The number of hydrogen-bond acceptors (Lipinski definition) is 1. The van der Waals surface area contributed by atoms with Gasteiger partial charge in [-0.2, -0.15) is 0 Å². The highest BCUT2D eigenvalue weighted by atomic mass is 16.3. The predicted molar refractivity (Wildman–Crippen MR) is 39.1 cm³/mol. The minimum absolute atomic E-state index is 0.521. The van der Waals surface area contributed by atoms with Gasteiger partial charge in [-0.25, -0.2) is 0 Å². The normalized spacial score (nSPS) is 11.4. The monoisotopic (exact) mass is 124 g/mol. The molecule has 9 heavy (non-hydrogen) atoms. The third-order valence-electron chi connectivity index (χ3n) is 0.793. The lowest BCUT2D eigenvalue weighted by molar-refractivity contribution is 0.271. The molecule has 0 amide bonds. The van der Waals surface area contributed by atoms with Crippen molar-refractivity contribution in [3.8, 4) is 0 Å². The lowest BCUT2D eigenvalue weighted by Crippen LogP contribution is -1.95. The van der Waals surface area contributed by atoms with Crippen LogP contribution < -0.4 is 0 Å². The predicted octanol–water partition coefficient (Wildman–Crippen LogP) is 1.65. The van der Waals surface area contributed by atoms with Gasteiger partial charge in [-0.1, -0.05) is 18.2 Å². The van der Waals surface area contributed by atoms with Crippen LogP contribution in [0.2, 0.25) is 0 Å². The van der Waals surface area contributed by atoms with Gasteiger partial charge in [0.25, 0.3) is 0 Å². The van der Waals surface area contributed by atoms with E-state index in [1.165, 1.54) is 6.08 Å². The fourth-order valence-electron chi connectivity index (χ4n) is 0.510. The van der Waals surface area contributed by atoms with Crippen molar-refractivity contribution in [2.24, 2.45) is 0 Å². The molecule has 1 atom stereocenters. The molecule has 0 aromatic rings. The molecule has 0 aromatic heterocycles. The molecule has 0 aliphatic rings. The van der Waals surface area contributed by atoms with Crippen molar-refractivity contribution in [1.82, 2.24) is 0 Å². The summed E-state index contributed by atoms with van der Waals surface area (Å²) in [5.74, 6) is 0. The maximum absolute atomic E-state index is 8.99. The molecule has 0 heterocycles. The molecule has 1 unspecified atom stereocenters. The van der Waals surface area contributed by atoms with Crippen molar-refractivity contribution in [2.45, 2.75) is 20.0 Å². The van der Waals surface area contributed by atoms with Gasteiger partial charge < -0.3 is 5.11 Å². The first-order valence-electron chi connectivity index (χ1n) is 2.86. The molecule has 0 bridgehead atoms. The SMILES string of the molecule is C=C=CC(O)C=C(C)C. The number of rotatable bonds is 2. The second kappa shape index (κ2) is 4.13. The second-order valence-corrected chi connectivity index (χ2v) is 2.11. The quantitative estimate of drug-likeness (QED) is 0.438. The molecule has 0 spiro atoms. The molecular formula is C8H12O. The first-order valence-corrected chi connectivity index (χ1v) is 2.86. The highest BCUT2D eigenvalue weighted by Gasteiger charge is 1.88. The van der Waals surface area contributed by atoms with E-state index in [-0.39, 0.29) is 0 Å². The number of hydrogen-bond donors (Lipinski definition) is 1. The summed E-state index contributed by atoms with van der Waals surface area (Å²) >= 11 is 0. The second-order valence-electron chi connectivity index (χ2n) is 2.11. The van der Waals surface area contributed by atoms with Crippen LogP contribution in [0.25, 0.3) is 0 Å². The van der Waals surface area contributed by atoms with Crippen LogP contribution in [0.5, 0.6) is 0 Å². The van der Waals surface area contributed by atoms with Crippen LogP contribution in [-0.2, 0) is 0 Å². The van der Waals surface area contributed by atoms with Gasteiger partial charge in [-0.05, 0) is 19.9 Å². The zero-order chi connectivity index (χ0) is 7.28. The Kier molecular flexibility index (Phi) is 3.78. The molecule has 0 radical (unpaired) electrons. The van der Waals surface area contributed by atoms with Gasteiger partial charge in [0.05, 0.1) is 6.10 Å². The summed E-state index contributed by atoms with van der Waals surface area (Å²) < 4.78 is 0. The number of allylic oxidation sites excluding steroid dienone is 1. The fourth-order valence-corrected chi connectivity index (χ4v) is 0.510. The maximum Gasteiger partial charge on any atom is 0.0978 e. The molecule has 0 aliphatic heterocycles. The summed E-state index contributed by atoms with van der Waals surface area (Å²) in [5, 5.41) is 8.99. The van der Waals surface area contributed by atoms with E-state index in [1.54, 1.807) is 6.08 Å². The van der Waals surface area contributed by atoms with Crippen molar-refractivity contribution < 1.29 is 5.11 Å². The van der Waals surface area contributed by atoms with Crippen molar-refractivity contribution >= 4 is 0 Å². The van der Waals surface area contributed by atoms with E-state index in [0.29, 0.717) is 0 Å².